The lowest BCUT2D eigenvalue weighted by atomic mass is 10.2. The van der Waals surface area contributed by atoms with E-state index >= 15 is 0 Å². The third kappa shape index (κ3) is 3.10. The van der Waals surface area contributed by atoms with Crippen molar-refractivity contribution in [2.24, 2.45) is 0 Å². The van der Waals surface area contributed by atoms with Gasteiger partial charge in [0.2, 0.25) is 10.0 Å². The molecule has 1 N–H and O–H groups in total. The topological polar surface area (TPSA) is 115 Å². The molecule has 1 unspecified atom stereocenters. The number of carbonyl (C=O) groups is 1. The number of rotatable bonds is 5. The van der Waals surface area contributed by atoms with Gasteiger partial charge < -0.3 is 14.4 Å². The van der Waals surface area contributed by atoms with Crippen molar-refractivity contribution in [2.75, 3.05) is 6.61 Å². The van der Waals surface area contributed by atoms with E-state index in [0.29, 0.717) is 24.0 Å². The summed E-state index contributed by atoms with van der Waals surface area (Å²) in [7, 11) is -4.04. The van der Waals surface area contributed by atoms with Gasteiger partial charge in [0.25, 0.3) is 0 Å². The fourth-order valence-electron chi connectivity index (χ4n) is 2.77. The molecule has 0 bridgehead atoms. The van der Waals surface area contributed by atoms with Crippen LogP contribution in [-0.4, -0.2) is 51.2 Å². The van der Waals surface area contributed by atoms with Crippen molar-refractivity contribution < 1.29 is 23.1 Å². The Morgan fingerprint density at radius 2 is 2.16 bits per heavy atom. The Morgan fingerprint density at radius 3 is 2.84 bits per heavy atom. The van der Waals surface area contributed by atoms with Crippen LogP contribution >= 0.6 is 0 Å². The minimum atomic E-state index is -4.04. The number of hydrogen-bond donors (Lipinski definition) is 1. The highest BCUT2D eigenvalue weighted by Crippen LogP contribution is 2.27. The Morgan fingerprint density at radius 1 is 1.40 bits per heavy atom. The van der Waals surface area contributed by atoms with Crippen LogP contribution in [0.15, 0.2) is 29.2 Å². The molecular formula is C15H18N4O5S. The number of aryl methyl sites for hydroxylation is 1. The number of nitrogens with zero attached hydrogens (tertiary/aromatic N) is 4. The van der Waals surface area contributed by atoms with Crippen LogP contribution in [0.1, 0.15) is 18.6 Å². The van der Waals surface area contributed by atoms with Crippen molar-refractivity contribution in [2.45, 2.75) is 37.9 Å². The predicted molar refractivity (Wildman–Crippen MR) is 86.5 cm³/mol. The van der Waals surface area contributed by atoms with Gasteiger partial charge in [0.15, 0.2) is 0 Å². The summed E-state index contributed by atoms with van der Waals surface area (Å²) in [5.74, 6) is 0.158. The van der Waals surface area contributed by atoms with Crippen LogP contribution in [0.3, 0.4) is 0 Å². The first kappa shape index (κ1) is 17.4. The lowest BCUT2D eigenvalue weighted by Crippen LogP contribution is -2.50. The monoisotopic (exact) mass is 366 g/mol. The van der Waals surface area contributed by atoms with Gasteiger partial charge >= 0.3 is 5.97 Å². The molecule has 10 heteroatoms. The number of ether oxygens (including phenoxy) is 1. The number of hydrogen-bond acceptors (Lipinski definition) is 6. The highest BCUT2D eigenvalue weighted by atomic mass is 32.2. The van der Waals surface area contributed by atoms with Crippen molar-refractivity contribution in [3.63, 3.8) is 0 Å². The van der Waals surface area contributed by atoms with Gasteiger partial charge in [-0.25, -0.2) is 8.42 Å². The molecule has 2 heterocycles. The van der Waals surface area contributed by atoms with Crippen molar-refractivity contribution >= 4 is 16.0 Å². The summed E-state index contributed by atoms with van der Waals surface area (Å²) in [5.41, 5.74) is 0. The molecule has 0 amide bonds. The number of aliphatic carboxylic acids is 1. The number of aromatic nitrogens is 3. The molecule has 3 rings (SSSR count). The van der Waals surface area contributed by atoms with E-state index in [1.165, 1.54) is 12.1 Å². The van der Waals surface area contributed by atoms with E-state index in [2.05, 4.69) is 10.2 Å². The molecule has 0 aliphatic carbocycles. The Labute approximate surface area is 144 Å². The lowest BCUT2D eigenvalue weighted by Gasteiger charge is -2.32. The summed E-state index contributed by atoms with van der Waals surface area (Å²) in [6.07, 6.45) is 0. The maximum atomic E-state index is 13.0. The van der Waals surface area contributed by atoms with Crippen LogP contribution in [0.2, 0.25) is 0 Å². The van der Waals surface area contributed by atoms with E-state index in [-0.39, 0.29) is 18.0 Å². The first-order chi connectivity index (χ1) is 11.8. The molecule has 0 saturated carbocycles. The zero-order valence-electron chi connectivity index (χ0n) is 13.8. The van der Waals surface area contributed by atoms with E-state index in [1.807, 2.05) is 0 Å². The summed E-state index contributed by atoms with van der Waals surface area (Å²) in [6, 6.07) is 4.78. The minimum absolute atomic E-state index is 0.0191. The smallest absolute Gasteiger partial charge is 0.323 e. The normalized spacial score (nSPS) is 17.9. The van der Waals surface area contributed by atoms with E-state index in [0.717, 1.165) is 4.31 Å². The van der Waals surface area contributed by atoms with Gasteiger partial charge in [-0.05, 0) is 26.0 Å². The molecule has 0 fully saturated rings. The van der Waals surface area contributed by atoms with Gasteiger partial charge in [-0.3, -0.25) is 4.79 Å². The molecule has 1 aromatic heterocycles. The summed E-state index contributed by atoms with van der Waals surface area (Å²) in [4.78, 5) is 11.7. The van der Waals surface area contributed by atoms with Gasteiger partial charge in [-0.1, -0.05) is 6.07 Å². The molecule has 2 aromatic rings. The molecule has 134 valence electrons. The van der Waals surface area contributed by atoms with Crippen molar-refractivity contribution in [1.82, 2.24) is 19.1 Å². The number of sulfonamides is 1. The van der Waals surface area contributed by atoms with Crippen molar-refractivity contribution in [3.05, 3.63) is 35.9 Å². The molecule has 1 aromatic carbocycles. The van der Waals surface area contributed by atoms with Crippen LogP contribution in [-0.2, 0) is 27.9 Å². The molecule has 1 aliphatic heterocycles. The van der Waals surface area contributed by atoms with E-state index in [1.54, 1.807) is 30.5 Å². The molecule has 0 spiro atoms. The Bertz CT molecular complexity index is 908. The fraction of sp³-hybridized carbons (Fsp3) is 0.400. The highest BCUT2D eigenvalue weighted by Gasteiger charge is 2.41. The van der Waals surface area contributed by atoms with Gasteiger partial charge in [0.1, 0.15) is 23.4 Å². The number of carboxylic acid groups (broad SMARTS) is 1. The SMILES string of the molecule is CCOc1cccc(S(=O)(=O)N2Cc3nnc(C)n3CC2C(=O)O)c1. The zero-order chi connectivity index (χ0) is 18.2. The average Bonchev–Trinajstić information content (AvgIpc) is 2.95. The van der Waals surface area contributed by atoms with Crippen LogP contribution < -0.4 is 4.74 Å². The summed E-state index contributed by atoms with van der Waals surface area (Å²) in [6.45, 7) is 3.70. The zero-order valence-corrected chi connectivity index (χ0v) is 14.6. The Kier molecular flexibility index (Phi) is 4.48. The first-order valence-electron chi connectivity index (χ1n) is 7.70. The second-order valence-corrected chi connectivity index (χ2v) is 7.48. The van der Waals surface area contributed by atoms with E-state index < -0.39 is 22.0 Å². The molecule has 1 atom stereocenters. The summed E-state index contributed by atoms with van der Waals surface area (Å²) >= 11 is 0. The van der Waals surface area contributed by atoms with Crippen LogP contribution in [0, 0.1) is 6.92 Å². The predicted octanol–water partition coefficient (Wildman–Crippen LogP) is 0.643. The fourth-order valence-corrected chi connectivity index (χ4v) is 4.34. The highest BCUT2D eigenvalue weighted by molar-refractivity contribution is 7.89. The van der Waals surface area contributed by atoms with Crippen LogP contribution in [0.25, 0.3) is 0 Å². The second-order valence-electron chi connectivity index (χ2n) is 5.59. The summed E-state index contributed by atoms with van der Waals surface area (Å²) < 4.78 is 34.0. The standard InChI is InChI=1S/C15H18N4O5S/c1-3-24-11-5-4-6-12(7-11)25(22,23)19-9-14-17-16-10(2)18(14)8-13(19)15(20)21/h4-7,13H,3,8-9H2,1-2H3,(H,20,21). The number of carboxylic acids is 1. The van der Waals surface area contributed by atoms with E-state index in [9.17, 15) is 18.3 Å². The van der Waals surface area contributed by atoms with Crippen LogP contribution in [0.4, 0.5) is 0 Å². The van der Waals surface area contributed by atoms with Crippen molar-refractivity contribution in [3.8, 4) is 5.75 Å². The maximum Gasteiger partial charge on any atom is 0.323 e. The third-order valence-electron chi connectivity index (χ3n) is 4.02. The maximum absolute atomic E-state index is 13.0. The largest absolute Gasteiger partial charge is 0.494 e. The minimum Gasteiger partial charge on any atom is -0.494 e. The molecule has 9 nitrogen and oxygen atoms in total. The number of fused-ring (bicyclic) bond motifs is 1. The molecular weight excluding hydrogens is 348 g/mol. The molecule has 0 saturated heterocycles. The lowest BCUT2D eigenvalue weighted by molar-refractivity contribution is -0.142. The summed E-state index contributed by atoms with van der Waals surface area (Å²) in [5, 5.41) is 17.4. The number of benzene rings is 1. The van der Waals surface area contributed by atoms with Gasteiger partial charge in [-0.15, -0.1) is 10.2 Å². The van der Waals surface area contributed by atoms with Crippen LogP contribution in [0.5, 0.6) is 5.75 Å². The van der Waals surface area contributed by atoms with Crippen molar-refractivity contribution in [1.29, 1.82) is 0 Å². The second kappa shape index (κ2) is 6.45. The van der Waals surface area contributed by atoms with Gasteiger partial charge in [0.05, 0.1) is 24.6 Å². The van der Waals surface area contributed by atoms with E-state index in [4.69, 9.17) is 4.74 Å². The van der Waals surface area contributed by atoms with Gasteiger partial charge in [-0.2, -0.15) is 4.31 Å². The van der Waals surface area contributed by atoms with Gasteiger partial charge in [0, 0.05) is 6.07 Å². The Hall–Kier alpha value is -2.46. The first-order valence-corrected chi connectivity index (χ1v) is 9.14. The quantitative estimate of drug-likeness (QED) is 0.826. The molecule has 25 heavy (non-hydrogen) atoms. The third-order valence-corrected chi connectivity index (χ3v) is 5.87. The molecule has 0 radical (unpaired) electrons. The average molecular weight is 366 g/mol. The Balaban J connectivity index is 2.03. The molecule has 1 aliphatic rings.